The molecule has 6 nitrogen and oxygen atoms in total. The average Bonchev–Trinajstić information content (AvgIpc) is 3.34. The van der Waals surface area contributed by atoms with Crippen molar-refractivity contribution >= 4 is 17.7 Å². The van der Waals surface area contributed by atoms with Gasteiger partial charge in [-0.2, -0.15) is 0 Å². The Kier molecular flexibility index (Phi) is 6.34. The standard InChI is InChI=1S/C22H26N4O2S/c1-16(21(27)23-17-10-5-2-3-6-11-17)29-22-25-24-20(19-14-9-15-28-19)26(22)18-12-7-4-8-13-18/h4,7-9,12-17H,2-3,5-6,10-11H2,1H3,(H,23,27). The molecule has 0 aliphatic heterocycles. The molecule has 152 valence electrons. The summed E-state index contributed by atoms with van der Waals surface area (Å²) in [6.07, 6.45) is 8.70. The zero-order chi connectivity index (χ0) is 20.1. The lowest BCUT2D eigenvalue weighted by Crippen LogP contribution is -2.39. The van der Waals surface area contributed by atoms with Gasteiger partial charge >= 0.3 is 0 Å². The minimum absolute atomic E-state index is 0.0593. The van der Waals surface area contributed by atoms with Crippen LogP contribution in [0.3, 0.4) is 0 Å². The number of carbonyl (C=O) groups excluding carboxylic acids is 1. The van der Waals surface area contributed by atoms with Gasteiger partial charge in [0.05, 0.1) is 11.5 Å². The highest BCUT2D eigenvalue weighted by atomic mass is 32.2. The minimum Gasteiger partial charge on any atom is -0.461 e. The number of rotatable bonds is 6. The van der Waals surface area contributed by atoms with E-state index in [1.54, 1.807) is 6.26 Å². The van der Waals surface area contributed by atoms with Gasteiger partial charge in [0.15, 0.2) is 10.9 Å². The second-order valence-corrected chi connectivity index (χ2v) is 8.72. The highest BCUT2D eigenvalue weighted by Crippen LogP contribution is 2.30. The fraction of sp³-hybridized carbons (Fsp3) is 0.409. The van der Waals surface area contributed by atoms with Crippen LogP contribution in [0, 0.1) is 0 Å². The third-order valence-electron chi connectivity index (χ3n) is 5.24. The lowest BCUT2D eigenvalue weighted by Gasteiger charge is -2.19. The van der Waals surface area contributed by atoms with Crippen molar-refractivity contribution in [3.63, 3.8) is 0 Å². The van der Waals surface area contributed by atoms with Crippen LogP contribution in [0.5, 0.6) is 0 Å². The van der Waals surface area contributed by atoms with Gasteiger partial charge in [0.25, 0.3) is 0 Å². The zero-order valence-electron chi connectivity index (χ0n) is 16.6. The molecular weight excluding hydrogens is 384 g/mol. The Balaban J connectivity index is 1.54. The number of nitrogens with zero attached hydrogens (tertiary/aromatic N) is 3. The van der Waals surface area contributed by atoms with Crippen molar-refractivity contribution in [3.8, 4) is 17.3 Å². The predicted molar refractivity (Wildman–Crippen MR) is 114 cm³/mol. The number of amides is 1. The molecule has 0 spiro atoms. The van der Waals surface area contributed by atoms with E-state index in [1.807, 2.05) is 54.0 Å². The van der Waals surface area contributed by atoms with E-state index in [9.17, 15) is 4.79 Å². The third kappa shape index (κ3) is 4.72. The molecule has 29 heavy (non-hydrogen) atoms. The summed E-state index contributed by atoms with van der Waals surface area (Å²) in [7, 11) is 0. The molecule has 1 amide bonds. The molecule has 1 unspecified atom stereocenters. The predicted octanol–water partition coefficient (Wildman–Crippen LogP) is 4.85. The summed E-state index contributed by atoms with van der Waals surface area (Å²) in [5.41, 5.74) is 0.933. The Morgan fingerprint density at radius 3 is 2.55 bits per heavy atom. The van der Waals surface area contributed by atoms with E-state index in [0.29, 0.717) is 22.8 Å². The molecule has 4 rings (SSSR count). The van der Waals surface area contributed by atoms with Crippen LogP contribution in [0.1, 0.15) is 45.4 Å². The molecule has 1 saturated carbocycles. The fourth-order valence-electron chi connectivity index (χ4n) is 3.68. The normalized spacial score (nSPS) is 16.3. The van der Waals surface area contributed by atoms with E-state index in [1.165, 1.54) is 37.4 Å². The van der Waals surface area contributed by atoms with E-state index in [2.05, 4.69) is 15.5 Å². The van der Waals surface area contributed by atoms with Gasteiger partial charge < -0.3 is 9.73 Å². The van der Waals surface area contributed by atoms with Crippen LogP contribution in [-0.4, -0.2) is 32.0 Å². The second kappa shape index (κ2) is 9.31. The van der Waals surface area contributed by atoms with Gasteiger partial charge in [0, 0.05) is 11.7 Å². The van der Waals surface area contributed by atoms with E-state index in [0.717, 1.165) is 18.5 Å². The van der Waals surface area contributed by atoms with Crippen molar-refractivity contribution in [3.05, 3.63) is 48.7 Å². The highest BCUT2D eigenvalue weighted by Gasteiger charge is 2.24. The second-order valence-electron chi connectivity index (χ2n) is 7.41. The Bertz CT molecular complexity index is 916. The number of para-hydroxylation sites is 1. The third-order valence-corrected chi connectivity index (χ3v) is 6.28. The Labute approximate surface area is 175 Å². The zero-order valence-corrected chi connectivity index (χ0v) is 17.4. The molecule has 0 saturated heterocycles. The van der Waals surface area contributed by atoms with Gasteiger partial charge in [-0.15, -0.1) is 10.2 Å². The number of carbonyl (C=O) groups is 1. The van der Waals surface area contributed by atoms with Crippen molar-refractivity contribution in [2.24, 2.45) is 0 Å². The summed E-state index contributed by atoms with van der Waals surface area (Å²) in [5, 5.41) is 12.4. The summed E-state index contributed by atoms with van der Waals surface area (Å²) in [6, 6.07) is 13.9. The summed E-state index contributed by atoms with van der Waals surface area (Å²) in [6.45, 7) is 1.92. The maximum absolute atomic E-state index is 12.8. The molecule has 3 aromatic rings. The Morgan fingerprint density at radius 1 is 1.10 bits per heavy atom. The van der Waals surface area contributed by atoms with Gasteiger partial charge in [-0.05, 0) is 44.0 Å². The first kappa shape index (κ1) is 19.8. The van der Waals surface area contributed by atoms with E-state index in [4.69, 9.17) is 4.42 Å². The molecule has 2 aromatic heterocycles. The molecule has 1 N–H and O–H groups in total. The lowest BCUT2D eigenvalue weighted by atomic mass is 10.1. The van der Waals surface area contributed by atoms with Crippen LogP contribution in [0.4, 0.5) is 0 Å². The van der Waals surface area contributed by atoms with Crippen LogP contribution in [0.15, 0.2) is 58.3 Å². The van der Waals surface area contributed by atoms with Crippen LogP contribution in [-0.2, 0) is 4.79 Å². The Hall–Kier alpha value is -2.54. The molecule has 1 aliphatic rings. The van der Waals surface area contributed by atoms with E-state index in [-0.39, 0.29) is 11.2 Å². The van der Waals surface area contributed by atoms with E-state index >= 15 is 0 Å². The fourth-order valence-corrected chi connectivity index (χ4v) is 4.55. The number of nitrogens with one attached hydrogen (secondary N) is 1. The number of hydrogen-bond donors (Lipinski definition) is 1. The first-order valence-corrected chi connectivity index (χ1v) is 11.1. The van der Waals surface area contributed by atoms with E-state index < -0.39 is 0 Å². The molecular formula is C22H26N4O2S. The number of hydrogen-bond acceptors (Lipinski definition) is 5. The van der Waals surface area contributed by atoms with Crippen LogP contribution in [0.2, 0.25) is 0 Å². The summed E-state index contributed by atoms with van der Waals surface area (Å²) < 4.78 is 7.49. The number of benzene rings is 1. The van der Waals surface area contributed by atoms with Crippen LogP contribution in [0.25, 0.3) is 17.3 Å². The van der Waals surface area contributed by atoms with Crippen LogP contribution < -0.4 is 5.32 Å². The molecule has 7 heteroatoms. The van der Waals surface area contributed by atoms with Crippen molar-refractivity contribution in [1.82, 2.24) is 20.1 Å². The Morgan fingerprint density at radius 2 is 1.86 bits per heavy atom. The SMILES string of the molecule is CC(Sc1nnc(-c2ccco2)n1-c1ccccc1)C(=O)NC1CCCCCC1. The summed E-state index contributed by atoms with van der Waals surface area (Å²) in [4.78, 5) is 12.8. The monoisotopic (exact) mass is 410 g/mol. The molecule has 1 fully saturated rings. The van der Waals surface area contributed by atoms with Crippen LogP contribution >= 0.6 is 11.8 Å². The summed E-state index contributed by atoms with van der Waals surface area (Å²) in [5.74, 6) is 1.33. The largest absolute Gasteiger partial charge is 0.461 e. The molecule has 1 aromatic carbocycles. The maximum Gasteiger partial charge on any atom is 0.233 e. The van der Waals surface area contributed by atoms with Crippen molar-refractivity contribution in [2.45, 2.75) is 61.9 Å². The number of aromatic nitrogens is 3. The first-order chi connectivity index (χ1) is 14.2. The molecule has 0 radical (unpaired) electrons. The maximum atomic E-state index is 12.8. The average molecular weight is 411 g/mol. The van der Waals surface area contributed by atoms with Gasteiger partial charge in [0.1, 0.15) is 0 Å². The minimum atomic E-state index is -0.269. The van der Waals surface area contributed by atoms with Crippen molar-refractivity contribution in [2.75, 3.05) is 0 Å². The highest BCUT2D eigenvalue weighted by molar-refractivity contribution is 8.00. The van der Waals surface area contributed by atoms with Crippen molar-refractivity contribution < 1.29 is 9.21 Å². The van der Waals surface area contributed by atoms with Gasteiger partial charge in [-0.3, -0.25) is 9.36 Å². The molecule has 2 heterocycles. The lowest BCUT2D eigenvalue weighted by molar-refractivity contribution is -0.121. The molecule has 1 atom stereocenters. The number of thioether (sulfide) groups is 1. The first-order valence-electron chi connectivity index (χ1n) is 10.2. The van der Waals surface area contributed by atoms with Gasteiger partial charge in [-0.1, -0.05) is 55.6 Å². The summed E-state index contributed by atoms with van der Waals surface area (Å²) >= 11 is 1.42. The smallest absolute Gasteiger partial charge is 0.233 e. The van der Waals surface area contributed by atoms with Gasteiger partial charge in [-0.25, -0.2) is 0 Å². The van der Waals surface area contributed by atoms with Gasteiger partial charge in [0.2, 0.25) is 11.7 Å². The molecule has 1 aliphatic carbocycles. The quantitative estimate of drug-likeness (QED) is 0.465. The molecule has 0 bridgehead atoms. The van der Waals surface area contributed by atoms with Crippen molar-refractivity contribution in [1.29, 1.82) is 0 Å². The topological polar surface area (TPSA) is 73.0 Å². The number of furan rings is 1.